The van der Waals surface area contributed by atoms with Crippen LogP contribution in [0.5, 0.6) is 17.2 Å². The zero-order valence-electron chi connectivity index (χ0n) is 14.4. The number of hydrogen-bond acceptors (Lipinski definition) is 5. The van der Waals surface area contributed by atoms with Crippen LogP contribution in [-0.2, 0) is 0 Å². The van der Waals surface area contributed by atoms with E-state index in [9.17, 15) is 4.79 Å². The van der Waals surface area contributed by atoms with Crippen LogP contribution in [0.3, 0.4) is 0 Å². The molecule has 25 heavy (non-hydrogen) atoms. The molecule has 0 aliphatic heterocycles. The maximum atomic E-state index is 12.4. The minimum atomic E-state index is -0.411. The average Bonchev–Trinajstić information content (AvgIpc) is 2.64. The monoisotopic (exact) mass is 362 g/mol. The van der Waals surface area contributed by atoms with Crippen molar-refractivity contribution in [2.75, 3.05) is 21.3 Å². The first kappa shape index (κ1) is 18.6. The minimum Gasteiger partial charge on any atom is -0.493 e. The van der Waals surface area contributed by atoms with Crippen LogP contribution >= 0.6 is 11.6 Å². The fourth-order valence-electron chi connectivity index (χ4n) is 2.23. The van der Waals surface area contributed by atoms with Gasteiger partial charge in [-0.05, 0) is 25.1 Å². The smallest absolute Gasteiger partial charge is 0.271 e. The third kappa shape index (κ3) is 4.22. The van der Waals surface area contributed by atoms with Crippen molar-refractivity contribution in [2.24, 2.45) is 5.10 Å². The summed E-state index contributed by atoms with van der Waals surface area (Å²) in [5.74, 6) is 0.778. The predicted molar refractivity (Wildman–Crippen MR) is 97.2 cm³/mol. The lowest BCUT2D eigenvalue weighted by atomic mass is 10.1. The Labute approximate surface area is 151 Å². The molecule has 0 spiro atoms. The Morgan fingerprint density at radius 3 is 2.16 bits per heavy atom. The highest BCUT2D eigenvalue weighted by Gasteiger charge is 2.17. The second kappa shape index (κ2) is 8.39. The average molecular weight is 363 g/mol. The molecule has 132 valence electrons. The molecule has 0 atom stereocenters. The molecule has 0 bridgehead atoms. The van der Waals surface area contributed by atoms with Gasteiger partial charge in [-0.25, -0.2) is 5.43 Å². The maximum Gasteiger partial charge on any atom is 0.271 e. The van der Waals surface area contributed by atoms with Gasteiger partial charge < -0.3 is 14.2 Å². The van der Waals surface area contributed by atoms with E-state index in [0.717, 1.165) is 5.56 Å². The highest BCUT2D eigenvalue weighted by molar-refractivity contribution is 6.34. The summed E-state index contributed by atoms with van der Waals surface area (Å²) < 4.78 is 15.7. The molecule has 2 rings (SSSR count). The number of rotatable bonds is 6. The zero-order valence-corrected chi connectivity index (χ0v) is 15.2. The number of halogens is 1. The van der Waals surface area contributed by atoms with Gasteiger partial charge >= 0.3 is 0 Å². The summed E-state index contributed by atoms with van der Waals surface area (Å²) in [7, 11) is 4.47. The Morgan fingerprint density at radius 1 is 1.04 bits per heavy atom. The largest absolute Gasteiger partial charge is 0.493 e. The molecule has 7 heteroatoms. The molecule has 0 aliphatic rings. The maximum absolute atomic E-state index is 12.4. The summed E-state index contributed by atoms with van der Waals surface area (Å²) in [5.41, 5.74) is 4.16. The molecule has 6 nitrogen and oxygen atoms in total. The number of hydrazone groups is 1. The van der Waals surface area contributed by atoms with Gasteiger partial charge in [0.25, 0.3) is 5.91 Å². The molecular formula is C18H19ClN2O4. The van der Waals surface area contributed by atoms with Crippen LogP contribution < -0.4 is 19.6 Å². The summed E-state index contributed by atoms with van der Waals surface area (Å²) in [6.07, 6.45) is 0. The Balaban J connectivity index is 2.26. The molecular weight excluding hydrogens is 344 g/mol. The fourth-order valence-corrected chi connectivity index (χ4v) is 2.50. The number of nitrogens with one attached hydrogen (secondary N) is 1. The van der Waals surface area contributed by atoms with Crippen LogP contribution in [0.4, 0.5) is 0 Å². The van der Waals surface area contributed by atoms with Gasteiger partial charge in [0.1, 0.15) is 0 Å². The third-order valence-corrected chi connectivity index (χ3v) is 3.85. The Kier molecular flexibility index (Phi) is 6.25. The molecule has 0 saturated carbocycles. The first-order valence-corrected chi connectivity index (χ1v) is 7.79. The van der Waals surface area contributed by atoms with Crippen molar-refractivity contribution in [3.8, 4) is 17.2 Å². The molecule has 0 fully saturated rings. The summed E-state index contributed by atoms with van der Waals surface area (Å²) >= 11 is 6.12. The van der Waals surface area contributed by atoms with E-state index >= 15 is 0 Å². The van der Waals surface area contributed by atoms with Crippen LogP contribution in [0, 0.1) is 0 Å². The summed E-state index contributed by atoms with van der Waals surface area (Å²) in [5, 5.41) is 4.67. The first-order valence-electron chi connectivity index (χ1n) is 7.41. The van der Waals surface area contributed by atoms with Crippen LogP contribution in [0.2, 0.25) is 5.02 Å². The van der Waals surface area contributed by atoms with E-state index in [1.807, 2.05) is 18.2 Å². The van der Waals surface area contributed by atoms with Gasteiger partial charge in [-0.3, -0.25) is 4.79 Å². The van der Waals surface area contributed by atoms with Crippen molar-refractivity contribution in [2.45, 2.75) is 6.92 Å². The topological polar surface area (TPSA) is 69.2 Å². The first-order chi connectivity index (χ1) is 12.0. The molecule has 0 aliphatic carbocycles. The number of carbonyl (C=O) groups is 1. The fraction of sp³-hybridized carbons (Fsp3) is 0.222. The van der Waals surface area contributed by atoms with Crippen molar-refractivity contribution >= 4 is 23.2 Å². The highest BCUT2D eigenvalue weighted by Crippen LogP contribution is 2.38. The minimum absolute atomic E-state index is 0.324. The molecule has 0 radical (unpaired) electrons. The Morgan fingerprint density at radius 2 is 1.64 bits per heavy atom. The van der Waals surface area contributed by atoms with Crippen LogP contribution in [-0.4, -0.2) is 32.9 Å². The lowest BCUT2D eigenvalue weighted by Crippen LogP contribution is -2.19. The van der Waals surface area contributed by atoms with Crippen molar-refractivity contribution in [1.29, 1.82) is 0 Å². The quantitative estimate of drug-likeness (QED) is 0.630. The normalized spacial score (nSPS) is 11.0. The number of ether oxygens (including phenoxy) is 3. The third-order valence-electron chi connectivity index (χ3n) is 3.52. The molecule has 2 aromatic carbocycles. The van der Waals surface area contributed by atoms with E-state index < -0.39 is 5.91 Å². The van der Waals surface area contributed by atoms with E-state index in [1.165, 1.54) is 21.3 Å². The second-order valence-electron chi connectivity index (χ2n) is 5.03. The molecule has 1 N–H and O–H groups in total. The van der Waals surface area contributed by atoms with Crippen molar-refractivity contribution in [1.82, 2.24) is 5.43 Å². The second-order valence-corrected chi connectivity index (χ2v) is 5.44. The van der Waals surface area contributed by atoms with Crippen LogP contribution in [0.25, 0.3) is 0 Å². The Hall–Kier alpha value is -2.73. The number of hydrogen-bond donors (Lipinski definition) is 1. The lowest BCUT2D eigenvalue weighted by Gasteiger charge is -2.13. The van der Waals surface area contributed by atoms with E-state index in [1.54, 1.807) is 25.1 Å². The summed E-state index contributed by atoms with van der Waals surface area (Å²) in [6.45, 7) is 1.76. The van der Waals surface area contributed by atoms with E-state index in [4.69, 9.17) is 25.8 Å². The van der Waals surface area contributed by atoms with Gasteiger partial charge in [0.05, 0.1) is 27.0 Å². The molecule has 0 aromatic heterocycles. The van der Waals surface area contributed by atoms with Gasteiger partial charge in [-0.1, -0.05) is 29.8 Å². The van der Waals surface area contributed by atoms with Crippen molar-refractivity contribution in [3.63, 3.8) is 0 Å². The van der Waals surface area contributed by atoms with E-state index in [-0.39, 0.29) is 0 Å². The van der Waals surface area contributed by atoms with Gasteiger partial charge in [0, 0.05) is 16.1 Å². The molecule has 2 aromatic rings. The van der Waals surface area contributed by atoms with Gasteiger partial charge in [-0.2, -0.15) is 5.10 Å². The number of carbonyl (C=O) groups excluding carboxylic acids is 1. The zero-order chi connectivity index (χ0) is 18.4. The molecule has 0 saturated heterocycles. The number of methoxy groups -OCH3 is 3. The number of benzene rings is 2. The van der Waals surface area contributed by atoms with Gasteiger partial charge in [0.15, 0.2) is 11.5 Å². The number of nitrogens with zero attached hydrogens (tertiary/aromatic N) is 1. The SMILES string of the molecule is COc1cc(C(=O)N/N=C(\C)c2ccccc2Cl)cc(OC)c1OC. The van der Waals surface area contributed by atoms with E-state index in [2.05, 4.69) is 10.5 Å². The van der Waals surface area contributed by atoms with E-state index in [0.29, 0.717) is 33.5 Å². The summed E-state index contributed by atoms with van der Waals surface area (Å²) in [6, 6.07) is 10.4. The summed E-state index contributed by atoms with van der Waals surface area (Å²) in [4.78, 5) is 12.4. The van der Waals surface area contributed by atoms with Crippen molar-refractivity contribution in [3.05, 3.63) is 52.5 Å². The van der Waals surface area contributed by atoms with Crippen molar-refractivity contribution < 1.29 is 19.0 Å². The predicted octanol–water partition coefficient (Wildman–Crippen LogP) is 3.52. The molecule has 1 amide bonds. The highest BCUT2D eigenvalue weighted by atomic mass is 35.5. The van der Waals surface area contributed by atoms with Gasteiger partial charge in [-0.15, -0.1) is 0 Å². The van der Waals surface area contributed by atoms with Crippen LogP contribution in [0.15, 0.2) is 41.5 Å². The Bertz CT molecular complexity index is 780. The number of amides is 1. The van der Waals surface area contributed by atoms with Gasteiger partial charge in [0.2, 0.25) is 5.75 Å². The van der Waals surface area contributed by atoms with Crippen LogP contribution in [0.1, 0.15) is 22.8 Å². The molecule has 0 heterocycles. The lowest BCUT2D eigenvalue weighted by molar-refractivity contribution is 0.0954. The standard InChI is InChI=1S/C18H19ClN2O4/c1-11(13-7-5-6-8-14(13)19)20-21-18(22)12-9-15(23-2)17(25-4)16(10-12)24-3/h5-10H,1-4H3,(H,21,22)/b20-11+. The molecule has 0 unspecified atom stereocenters.